The van der Waals surface area contributed by atoms with Crippen molar-refractivity contribution in [2.45, 2.75) is 45.1 Å². The van der Waals surface area contributed by atoms with Crippen LogP contribution in [-0.2, 0) is 29.3 Å². The topological polar surface area (TPSA) is 72.9 Å². The number of hydrogen-bond acceptors (Lipinski definition) is 5. The van der Waals surface area contributed by atoms with Crippen LogP contribution >= 0.6 is 0 Å². The molecule has 0 aromatic heterocycles. The second-order valence-electron chi connectivity index (χ2n) is 8.66. The zero-order chi connectivity index (χ0) is 23.5. The third kappa shape index (κ3) is 4.57. The Bertz CT molecular complexity index is 1220. The van der Waals surface area contributed by atoms with Crippen molar-refractivity contribution >= 4 is 17.5 Å². The van der Waals surface area contributed by atoms with Crippen LogP contribution in [0.25, 0.3) is 0 Å². The second-order valence-corrected chi connectivity index (χ2v) is 8.66. The molecule has 34 heavy (non-hydrogen) atoms. The maximum absolute atomic E-state index is 13.0. The van der Waals surface area contributed by atoms with Gasteiger partial charge in [-0.3, -0.25) is 14.4 Å². The first kappa shape index (κ1) is 21.9. The Balaban J connectivity index is 1.22. The predicted octanol–water partition coefficient (Wildman–Crippen LogP) is 4.49. The van der Waals surface area contributed by atoms with Crippen molar-refractivity contribution in [1.82, 2.24) is 4.90 Å². The smallest absolute Gasteiger partial charge is 0.255 e. The average molecular weight is 456 g/mol. The summed E-state index contributed by atoms with van der Waals surface area (Å²) in [6.07, 6.45) is 0.653. The van der Waals surface area contributed by atoms with E-state index in [0.717, 1.165) is 22.4 Å². The summed E-state index contributed by atoms with van der Waals surface area (Å²) in [5.41, 5.74) is 3.42. The number of carbonyl (C=O) groups excluding carboxylic acids is 3. The van der Waals surface area contributed by atoms with E-state index in [9.17, 15) is 14.4 Å². The molecule has 0 saturated heterocycles. The molecule has 5 rings (SSSR count). The van der Waals surface area contributed by atoms with Crippen LogP contribution in [0.15, 0.2) is 72.8 Å². The second kappa shape index (κ2) is 9.51. The van der Waals surface area contributed by atoms with Crippen LogP contribution in [0.2, 0.25) is 0 Å². The summed E-state index contributed by atoms with van der Waals surface area (Å²) in [7, 11) is 0. The van der Waals surface area contributed by atoms with Gasteiger partial charge in [-0.1, -0.05) is 48.5 Å². The van der Waals surface area contributed by atoms with Gasteiger partial charge in [0.05, 0.1) is 19.0 Å². The van der Waals surface area contributed by atoms with Gasteiger partial charge in [0, 0.05) is 17.5 Å². The van der Waals surface area contributed by atoms with Crippen molar-refractivity contribution in [3.05, 3.63) is 95.1 Å². The molecule has 0 bridgehead atoms. The highest BCUT2D eigenvalue weighted by Gasteiger charge is 2.39. The van der Waals surface area contributed by atoms with E-state index >= 15 is 0 Å². The normalized spacial score (nSPS) is 17.6. The van der Waals surface area contributed by atoms with Gasteiger partial charge in [-0.05, 0) is 41.8 Å². The van der Waals surface area contributed by atoms with Crippen LogP contribution in [0.1, 0.15) is 46.3 Å². The Morgan fingerprint density at radius 3 is 2.21 bits per heavy atom. The SMILES string of the molecule is O=C1CCC(N2Cc3c(OCc4ccc(COc5ccccc5)cc4)cccc3C2=O)C(=O)C1. The number of nitrogens with zero attached hydrogens (tertiary/aromatic N) is 1. The molecule has 0 radical (unpaired) electrons. The number of para-hydroxylation sites is 1. The van der Waals surface area contributed by atoms with Gasteiger partial charge in [-0.15, -0.1) is 0 Å². The summed E-state index contributed by atoms with van der Waals surface area (Å²) < 4.78 is 11.9. The monoisotopic (exact) mass is 455 g/mol. The Labute approximate surface area is 198 Å². The first-order valence-corrected chi connectivity index (χ1v) is 11.4. The van der Waals surface area contributed by atoms with Crippen molar-refractivity contribution < 1.29 is 23.9 Å². The molecule has 1 heterocycles. The largest absolute Gasteiger partial charge is 0.489 e. The average Bonchev–Trinajstić information content (AvgIpc) is 3.19. The first-order chi connectivity index (χ1) is 16.6. The molecule has 3 aromatic carbocycles. The van der Waals surface area contributed by atoms with Gasteiger partial charge in [0.1, 0.15) is 30.5 Å². The van der Waals surface area contributed by atoms with Gasteiger partial charge in [-0.2, -0.15) is 0 Å². The standard InChI is InChI=1S/C28H25NO5/c30-21-13-14-25(26(31)15-21)29-16-24-23(28(29)32)7-4-8-27(24)34-18-20-11-9-19(10-12-20)17-33-22-5-2-1-3-6-22/h1-12,25H,13-18H2. The zero-order valence-corrected chi connectivity index (χ0v) is 18.7. The molecular weight excluding hydrogens is 430 g/mol. The third-order valence-corrected chi connectivity index (χ3v) is 6.33. The van der Waals surface area contributed by atoms with Crippen LogP contribution in [0.3, 0.4) is 0 Å². The molecule has 172 valence electrons. The van der Waals surface area contributed by atoms with Crippen LogP contribution in [0.4, 0.5) is 0 Å². The van der Waals surface area contributed by atoms with Gasteiger partial charge >= 0.3 is 0 Å². The van der Waals surface area contributed by atoms with E-state index in [4.69, 9.17) is 9.47 Å². The molecule has 1 aliphatic carbocycles. The lowest BCUT2D eigenvalue weighted by molar-refractivity contribution is -0.133. The quantitative estimate of drug-likeness (QED) is 0.491. The van der Waals surface area contributed by atoms with Crippen LogP contribution < -0.4 is 9.47 Å². The zero-order valence-electron chi connectivity index (χ0n) is 18.7. The Hall–Kier alpha value is -3.93. The van der Waals surface area contributed by atoms with Crippen LogP contribution in [0, 0.1) is 0 Å². The number of ether oxygens (including phenoxy) is 2. The summed E-state index contributed by atoms with van der Waals surface area (Å²) in [5, 5.41) is 0. The number of hydrogen-bond donors (Lipinski definition) is 0. The molecule has 3 aromatic rings. The Morgan fingerprint density at radius 1 is 0.794 bits per heavy atom. The van der Waals surface area contributed by atoms with E-state index < -0.39 is 6.04 Å². The summed E-state index contributed by atoms with van der Waals surface area (Å²) >= 11 is 0. The van der Waals surface area contributed by atoms with Crippen LogP contribution in [0.5, 0.6) is 11.5 Å². The molecule has 0 N–H and O–H groups in total. The molecule has 0 spiro atoms. The predicted molar refractivity (Wildman–Crippen MR) is 126 cm³/mol. The van der Waals surface area contributed by atoms with Gasteiger partial charge < -0.3 is 14.4 Å². The Kier molecular flexibility index (Phi) is 6.12. The highest BCUT2D eigenvalue weighted by atomic mass is 16.5. The summed E-state index contributed by atoms with van der Waals surface area (Å²) in [4.78, 5) is 38.5. The summed E-state index contributed by atoms with van der Waals surface area (Å²) in [5.74, 6) is 1.08. The minimum atomic E-state index is -0.531. The first-order valence-electron chi connectivity index (χ1n) is 11.4. The molecule has 1 atom stereocenters. The lowest BCUT2D eigenvalue weighted by Crippen LogP contribution is -2.44. The summed E-state index contributed by atoms with van der Waals surface area (Å²) in [6.45, 7) is 1.17. The third-order valence-electron chi connectivity index (χ3n) is 6.33. The van der Waals surface area contributed by atoms with Crippen molar-refractivity contribution in [2.75, 3.05) is 0 Å². The lowest BCUT2D eigenvalue weighted by atomic mass is 9.92. The molecular formula is C28H25NO5. The lowest BCUT2D eigenvalue weighted by Gasteiger charge is -2.29. The number of amides is 1. The van der Waals surface area contributed by atoms with E-state index in [1.807, 2.05) is 60.7 Å². The highest BCUT2D eigenvalue weighted by molar-refractivity contribution is 6.07. The van der Waals surface area contributed by atoms with Gasteiger partial charge in [0.2, 0.25) is 0 Å². The van der Waals surface area contributed by atoms with Crippen LogP contribution in [-0.4, -0.2) is 28.4 Å². The summed E-state index contributed by atoms with van der Waals surface area (Å²) in [6, 6.07) is 22.6. The number of carbonyl (C=O) groups is 3. The van der Waals surface area contributed by atoms with Gasteiger partial charge in [0.15, 0.2) is 5.78 Å². The minimum Gasteiger partial charge on any atom is -0.489 e. The van der Waals surface area contributed by atoms with E-state index in [0.29, 0.717) is 43.9 Å². The number of benzene rings is 3. The van der Waals surface area contributed by atoms with E-state index in [1.54, 1.807) is 17.0 Å². The Morgan fingerprint density at radius 2 is 1.50 bits per heavy atom. The number of Topliss-reactive ketones (excluding diaryl/α,β-unsaturated/α-hetero) is 2. The molecule has 6 heteroatoms. The minimum absolute atomic E-state index is 0.0490. The molecule has 1 saturated carbocycles. The van der Waals surface area contributed by atoms with Gasteiger partial charge in [0.25, 0.3) is 5.91 Å². The van der Waals surface area contributed by atoms with Crippen molar-refractivity contribution in [2.24, 2.45) is 0 Å². The number of ketones is 2. The molecule has 2 aliphatic rings. The van der Waals surface area contributed by atoms with E-state index in [2.05, 4.69) is 0 Å². The van der Waals surface area contributed by atoms with E-state index in [1.165, 1.54) is 0 Å². The van der Waals surface area contributed by atoms with Crippen molar-refractivity contribution in [1.29, 1.82) is 0 Å². The van der Waals surface area contributed by atoms with E-state index in [-0.39, 0.29) is 23.9 Å². The fourth-order valence-electron chi connectivity index (χ4n) is 4.48. The van der Waals surface area contributed by atoms with Crippen molar-refractivity contribution in [3.63, 3.8) is 0 Å². The molecule has 1 unspecified atom stereocenters. The maximum Gasteiger partial charge on any atom is 0.255 e. The number of rotatable bonds is 7. The fraction of sp³-hybridized carbons (Fsp3) is 0.250. The van der Waals surface area contributed by atoms with Gasteiger partial charge in [-0.25, -0.2) is 0 Å². The molecule has 1 aliphatic heterocycles. The number of fused-ring (bicyclic) bond motifs is 1. The fourth-order valence-corrected chi connectivity index (χ4v) is 4.48. The maximum atomic E-state index is 13.0. The molecule has 1 fully saturated rings. The highest BCUT2D eigenvalue weighted by Crippen LogP contribution is 2.34. The molecule has 6 nitrogen and oxygen atoms in total. The molecule has 1 amide bonds. The van der Waals surface area contributed by atoms with Crippen molar-refractivity contribution in [3.8, 4) is 11.5 Å².